The average molecular weight is 313 g/mol. The van der Waals surface area contributed by atoms with Crippen LogP contribution in [0.5, 0.6) is 0 Å². The Hall–Kier alpha value is -2.05. The van der Waals surface area contributed by atoms with Crippen LogP contribution in [0.3, 0.4) is 0 Å². The van der Waals surface area contributed by atoms with Crippen molar-refractivity contribution >= 4 is 27.6 Å². The summed E-state index contributed by atoms with van der Waals surface area (Å²) in [7, 11) is 0. The highest BCUT2D eigenvalue weighted by Gasteiger charge is 2.08. The molecule has 1 aromatic carbocycles. The number of allylic oxidation sites excluding steroid dienone is 2. The lowest BCUT2D eigenvalue weighted by molar-refractivity contribution is 1.36. The summed E-state index contributed by atoms with van der Waals surface area (Å²) in [4.78, 5) is 3.08. The molecule has 0 saturated heterocycles. The molecule has 0 spiro atoms. The van der Waals surface area contributed by atoms with Crippen molar-refractivity contribution in [3.63, 3.8) is 0 Å². The lowest BCUT2D eigenvalue weighted by Crippen LogP contribution is -1.90. The predicted molar refractivity (Wildman–Crippen MR) is 82.3 cm³/mol. The second-order valence-electron chi connectivity index (χ2n) is 4.24. The van der Waals surface area contributed by atoms with Gasteiger partial charge in [0.25, 0.3) is 0 Å². The number of nitriles is 1. The van der Waals surface area contributed by atoms with Gasteiger partial charge in [-0.2, -0.15) is 5.26 Å². The smallest absolute Gasteiger partial charge is 0.0998 e. The van der Waals surface area contributed by atoms with E-state index >= 15 is 0 Å². The van der Waals surface area contributed by atoms with Crippen molar-refractivity contribution in [2.24, 2.45) is 0 Å². The van der Waals surface area contributed by atoms with Crippen LogP contribution in [-0.4, -0.2) is 4.98 Å². The molecule has 19 heavy (non-hydrogen) atoms. The predicted octanol–water partition coefficient (Wildman–Crippen LogP) is 4.71. The molecule has 0 saturated carbocycles. The molecule has 1 heterocycles. The van der Waals surface area contributed by atoms with Crippen molar-refractivity contribution in [3.05, 3.63) is 70.0 Å². The first kappa shape index (κ1) is 13.4. The van der Waals surface area contributed by atoms with Crippen LogP contribution >= 0.6 is 15.9 Å². The highest BCUT2D eigenvalue weighted by molar-refractivity contribution is 9.10. The fourth-order valence-corrected chi connectivity index (χ4v) is 2.23. The van der Waals surface area contributed by atoms with Gasteiger partial charge in [-0.15, -0.1) is 0 Å². The van der Waals surface area contributed by atoms with Gasteiger partial charge in [-0.25, -0.2) is 0 Å². The average Bonchev–Trinajstić information content (AvgIpc) is 2.81. The number of hydrogen-bond acceptors (Lipinski definition) is 1. The zero-order chi connectivity index (χ0) is 13.8. The van der Waals surface area contributed by atoms with Gasteiger partial charge in [0.2, 0.25) is 0 Å². The van der Waals surface area contributed by atoms with Gasteiger partial charge in [-0.05, 0) is 51.7 Å². The summed E-state index contributed by atoms with van der Waals surface area (Å²) in [6, 6.07) is 12.1. The molecule has 0 aliphatic carbocycles. The molecule has 0 aliphatic heterocycles. The number of aryl methyl sites for hydroxylation is 1. The third kappa shape index (κ3) is 3.04. The Morgan fingerprint density at radius 1 is 1.42 bits per heavy atom. The highest BCUT2D eigenvalue weighted by Crippen LogP contribution is 2.25. The highest BCUT2D eigenvalue weighted by atomic mass is 79.9. The molecule has 0 unspecified atom stereocenters. The monoisotopic (exact) mass is 312 g/mol. The quantitative estimate of drug-likeness (QED) is 0.647. The van der Waals surface area contributed by atoms with E-state index in [-0.39, 0.29) is 0 Å². The van der Waals surface area contributed by atoms with Crippen molar-refractivity contribution in [1.29, 1.82) is 5.26 Å². The van der Waals surface area contributed by atoms with E-state index in [9.17, 15) is 5.26 Å². The number of nitrogens with zero attached hydrogens (tertiary/aromatic N) is 1. The summed E-state index contributed by atoms with van der Waals surface area (Å²) in [5, 5.41) is 9.31. The molecule has 0 atom stereocenters. The van der Waals surface area contributed by atoms with Gasteiger partial charge in [-0.3, -0.25) is 0 Å². The maximum Gasteiger partial charge on any atom is 0.0998 e. The van der Waals surface area contributed by atoms with E-state index < -0.39 is 0 Å². The van der Waals surface area contributed by atoms with Crippen molar-refractivity contribution in [1.82, 2.24) is 4.98 Å². The summed E-state index contributed by atoms with van der Waals surface area (Å²) in [5.41, 5.74) is 4.29. The zero-order valence-electron chi connectivity index (χ0n) is 10.6. The molecule has 2 aromatic rings. The third-order valence-electron chi connectivity index (χ3n) is 2.89. The Bertz CT molecular complexity index is 687. The largest absolute Gasteiger partial charge is 0.361 e. The number of aromatic amines is 1. The first-order chi connectivity index (χ1) is 9.11. The summed E-state index contributed by atoms with van der Waals surface area (Å²) in [5.74, 6) is 0. The number of benzene rings is 1. The fraction of sp³-hybridized carbons (Fsp3) is 0.0625. The molecule has 1 N–H and O–H groups in total. The molecular formula is C16H13BrN2. The third-order valence-corrected chi connectivity index (χ3v) is 3.34. The van der Waals surface area contributed by atoms with Crippen LogP contribution in [0.2, 0.25) is 0 Å². The first-order valence-corrected chi connectivity index (χ1v) is 6.62. The summed E-state index contributed by atoms with van der Waals surface area (Å²) >= 11 is 3.37. The van der Waals surface area contributed by atoms with E-state index in [1.165, 1.54) is 0 Å². The van der Waals surface area contributed by atoms with Gasteiger partial charge in [0, 0.05) is 16.4 Å². The zero-order valence-corrected chi connectivity index (χ0v) is 12.2. The molecule has 0 fully saturated rings. The van der Waals surface area contributed by atoms with Gasteiger partial charge in [0.1, 0.15) is 0 Å². The number of H-pyrrole nitrogens is 1. The number of hydrogen-bond donors (Lipinski definition) is 1. The lowest BCUT2D eigenvalue weighted by Gasteiger charge is -2.07. The lowest BCUT2D eigenvalue weighted by atomic mass is 9.96. The molecule has 0 bridgehead atoms. The van der Waals surface area contributed by atoms with E-state index in [0.717, 1.165) is 26.9 Å². The molecule has 1 aromatic heterocycles. The van der Waals surface area contributed by atoms with Gasteiger partial charge in [-0.1, -0.05) is 30.8 Å². The van der Waals surface area contributed by atoms with Crippen LogP contribution in [0.1, 0.15) is 16.8 Å². The minimum Gasteiger partial charge on any atom is -0.361 e. The number of rotatable bonds is 3. The molecule has 2 rings (SSSR count). The van der Waals surface area contributed by atoms with Crippen molar-refractivity contribution in [2.75, 3.05) is 0 Å². The van der Waals surface area contributed by atoms with Crippen LogP contribution in [0.4, 0.5) is 0 Å². The van der Waals surface area contributed by atoms with Gasteiger partial charge in [0.05, 0.1) is 11.6 Å². The topological polar surface area (TPSA) is 39.6 Å². The van der Waals surface area contributed by atoms with Crippen LogP contribution in [0.15, 0.2) is 53.2 Å². The van der Waals surface area contributed by atoms with Crippen LogP contribution in [0.25, 0.3) is 11.6 Å². The maximum atomic E-state index is 9.31. The normalized spacial score (nSPS) is 11.1. The second-order valence-corrected chi connectivity index (χ2v) is 5.15. The van der Waals surface area contributed by atoms with Crippen molar-refractivity contribution < 1.29 is 0 Å². The number of aromatic nitrogens is 1. The molecule has 0 aliphatic rings. The fourth-order valence-electron chi connectivity index (χ4n) is 1.87. The summed E-state index contributed by atoms with van der Waals surface area (Å²) in [6.07, 6.45) is 3.64. The van der Waals surface area contributed by atoms with E-state index in [1.54, 1.807) is 6.08 Å². The minimum absolute atomic E-state index is 0.559. The summed E-state index contributed by atoms with van der Waals surface area (Å²) < 4.78 is 0.956. The molecule has 3 heteroatoms. The SMILES string of the molecule is C=C(/C(C#N)=C/c1cc(Br)c[nH]1)c1ccccc1C. The Labute approximate surface area is 121 Å². The maximum absolute atomic E-state index is 9.31. The number of nitrogens with one attached hydrogen (secondary N) is 1. The summed E-state index contributed by atoms with van der Waals surface area (Å²) in [6.45, 7) is 6.06. The van der Waals surface area contributed by atoms with E-state index in [4.69, 9.17) is 0 Å². The Morgan fingerprint density at radius 2 is 2.16 bits per heavy atom. The molecular weight excluding hydrogens is 300 g/mol. The van der Waals surface area contributed by atoms with Crippen molar-refractivity contribution in [3.8, 4) is 6.07 Å². The van der Waals surface area contributed by atoms with Crippen LogP contribution < -0.4 is 0 Å². The molecule has 0 radical (unpaired) electrons. The first-order valence-electron chi connectivity index (χ1n) is 5.83. The molecule has 0 amide bonds. The number of halogens is 1. The van der Waals surface area contributed by atoms with Crippen LogP contribution in [0, 0.1) is 18.3 Å². The second kappa shape index (κ2) is 5.73. The van der Waals surface area contributed by atoms with E-state index in [0.29, 0.717) is 5.57 Å². The van der Waals surface area contributed by atoms with E-state index in [1.807, 2.05) is 43.5 Å². The Balaban J connectivity index is 2.39. The van der Waals surface area contributed by atoms with Gasteiger partial charge < -0.3 is 4.98 Å². The molecule has 94 valence electrons. The minimum atomic E-state index is 0.559. The van der Waals surface area contributed by atoms with Gasteiger partial charge in [0.15, 0.2) is 0 Å². The Morgan fingerprint density at radius 3 is 2.74 bits per heavy atom. The van der Waals surface area contributed by atoms with Gasteiger partial charge >= 0.3 is 0 Å². The van der Waals surface area contributed by atoms with E-state index in [2.05, 4.69) is 33.6 Å². The Kier molecular flexibility index (Phi) is 4.03. The van der Waals surface area contributed by atoms with Crippen molar-refractivity contribution in [2.45, 2.75) is 6.92 Å². The molecule has 2 nitrogen and oxygen atoms in total. The van der Waals surface area contributed by atoms with Crippen LogP contribution in [-0.2, 0) is 0 Å². The standard InChI is InChI=1S/C16H13BrN2/c1-11-5-3-4-6-16(11)12(2)13(9-18)7-15-8-14(17)10-19-15/h3-8,10,19H,2H2,1H3/b13-7+.